The quantitative estimate of drug-likeness (QED) is 0.226. The van der Waals surface area contributed by atoms with Crippen LogP contribution in [0, 0.1) is 11.3 Å². The Morgan fingerprint density at radius 2 is 2.22 bits per heavy atom. The highest BCUT2D eigenvalue weighted by Gasteiger charge is 2.26. The molecule has 0 radical (unpaired) electrons. The van der Waals surface area contributed by atoms with E-state index in [-0.39, 0.29) is 0 Å². The van der Waals surface area contributed by atoms with E-state index in [4.69, 9.17) is 17.5 Å². The molecule has 2 unspecified atom stereocenters. The molecule has 7 heteroatoms. The summed E-state index contributed by atoms with van der Waals surface area (Å²) in [6, 6.07) is 11.8. The van der Waals surface area contributed by atoms with Crippen molar-refractivity contribution < 1.29 is 9.32 Å². The average molecular weight is 368 g/mol. The van der Waals surface area contributed by atoms with Gasteiger partial charge in [-0.25, -0.2) is 0 Å². The monoisotopic (exact) mass is 368 g/mol. The number of carbonyl (C=O) groups excluding carboxylic acids is 1. The number of hydrogen-bond donors (Lipinski definition) is 0. The summed E-state index contributed by atoms with van der Waals surface area (Å²) < 4.78 is 4.74. The molecule has 0 aliphatic rings. The molecule has 0 spiro atoms. The lowest BCUT2D eigenvalue weighted by Gasteiger charge is -2.20. The van der Waals surface area contributed by atoms with Gasteiger partial charge < -0.3 is 9.32 Å². The van der Waals surface area contributed by atoms with Crippen LogP contribution in [-0.2, 0) is 9.32 Å². The van der Waals surface area contributed by atoms with E-state index in [0.29, 0.717) is 25.8 Å². The fourth-order valence-electron chi connectivity index (χ4n) is 1.41. The normalized spacial score (nSPS) is 12.6. The van der Waals surface area contributed by atoms with E-state index in [2.05, 4.69) is 22.3 Å². The Kier molecular flexibility index (Phi) is 12.7. The zero-order chi connectivity index (χ0) is 17.6. The number of nitriles is 1. The summed E-state index contributed by atoms with van der Waals surface area (Å²) >= 11 is 6.66. The molecule has 0 saturated carbocycles. The lowest BCUT2D eigenvalue weighted by molar-refractivity contribution is -0.107. The first-order valence-electron chi connectivity index (χ1n) is 6.84. The first-order valence-corrected chi connectivity index (χ1v) is 9.18. The number of nitrogens with zero attached hydrogens (tertiary/aromatic N) is 2. The van der Waals surface area contributed by atoms with Crippen LogP contribution in [0.3, 0.4) is 0 Å². The smallest absolute Gasteiger partial charge is 0.120 e. The van der Waals surface area contributed by atoms with Gasteiger partial charge in [-0.2, -0.15) is 5.26 Å². The number of aldehydes is 1. The Bertz CT molecular complexity index is 535. The van der Waals surface area contributed by atoms with E-state index in [9.17, 15) is 4.79 Å². The molecule has 1 aromatic carbocycles. The van der Waals surface area contributed by atoms with Crippen LogP contribution in [0.4, 0.5) is 0 Å². The zero-order valence-electron chi connectivity index (χ0n) is 13.3. The summed E-state index contributed by atoms with van der Waals surface area (Å²) in [6.45, 7) is 5.09. The summed E-state index contributed by atoms with van der Waals surface area (Å²) in [5.74, 6) is 0. The van der Waals surface area contributed by atoms with Gasteiger partial charge in [-0.15, -0.1) is 0 Å². The Labute approximate surface area is 149 Å². The van der Waals surface area contributed by atoms with Gasteiger partial charge in [0.1, 0.15) is 11.0 Å². The minimum Gasteiger partial charge on any atom is -0.364 e. The van der Waals surface area contributed by atoms with Crippen LogP contribution in [0.15, 0.2) is 35.3 Å². The highest BCUT2D eigenvalue weighted by atomic mass is 32.2. The lowest BCUT2D eigenvalue weighted by Crippen LogP contribution is -2.19. The van der Waals surface area contributed by atoms with Crippen molar-refractivity contribution in [2.75, 3.05) is 13.4 Å². The third-order valence-electron chi connectivity index (χ3n) is 2.62. The lowest BCUT2D eigenvalue weighted by atomic mass is 10.1. The van der Waals surface area contributed by atoms with E-state index in [1.165, 1.54) is 11.8 Å². The first kappa shape index (κ1) is 21.9. The molecule has 0 heterocycles. The second-order valence-corrected chi connectivity index (χ2v) is 7.73. The fourth-order valence-corrected chi connectivity index (χ4v) is 3.25. The van der Waals surface area contributed by atoms with Gasteiger partial charge in [0.15, 0.2) is 0 Å². The molecule has 23 heavy (non-hydrogen) atoms. The first-order chi connectivity index (χ1) is 11.0. The van der Waals surface area contributed by atoms with Crippen molar-refractivity contribution in [3.8, 4) is 6.07 Å². The molecule has 0 aromatic heterocycles. The number of carbonyl (C=O) groups is 1. The van der Waals surface area contributed by atoms with Crippen LogP contribution < -0.4 is 0 Å². The fraction of sp³-hybridized carbons (Fsp3) is 0.375. The highest BCUT2D eigenvalue weighted by molar-refractivity contribution is 8.24. The Balaban J connectivity index is 0.000000688. The number of aliphatic imine (C=N–C) groups is 1. The molecular formula is C16H21N2O2PS2. The van der Waals surface area contributed by atoms with E-state index in [1.54, 1.807) is 7.11 Å². The molecule has 0 saturated heterocycles. The predicted octanol–water partition coefficient (Wildman–Crippen LogP) is 4.24. The third-order valence-corrected chi connectivity index (χ3v) is 4.92. The standard InChI is InChI=1S/C13H13NOS2.C3H8NOP/c1-13(10-14,8-5-9-15)17-12(16)11-6-3-2-4-7-11;1-4-3-6-5-2/h2-4,6-7,9H,5,8H2,1H3;6H,1,3H2,2H3. The molecule has 124 valence electrons. The molecule has 0 fully saturated rings. The molecule has 0 amide bonds. The van der Waals surface area contributed by atoms with E-state index >= 15 is 0 Å². The summed E-state index contributed by atoms with van der Waals surface area (Å²) in [5, 5.41) is 9.16. The molecule has 0 aliphatic heterocycles. The number of thiocarbonyl (C=S) groups is 1. The Morgan fingerprint density at radius 3 is 2.65 bits per heavy atom. The molecule has 1 aromatic rings. The molecule has 1 rings (SSSR count). The van der Waals surface area contributed by atoms with Crippen molar-refractivity contribution in [1.82, 2.24) is 0 Å². The highest BCUT2D eigenvalue weighted by Crippen LogP contribution is 2.32. The Hall–Kier alpha value is -1.12. The van der Waals surface area contributed by atoms with Crippen molar-refractivity contribution in [3.63, 3.8) is 0 Å². The molecule has 0 aliphatic carbocycles. The topological polar surface area (TPSA) is 62.4 Å². The molecule has 4 nitrogen and oxygen atoms in total. The van der Waals surface area contributed by atoms with Gasteiger partial charge in [-0.1, -0.05) is 54.3 Å². The van der Waals surface area contributed by atoms with Crippen molar-refractivity contribution >= 4 is 50.0 Å². The maximum atomic E-state index is 10.4. The van der Waals surface area contributed by atoms with Crippen LogP contribution in [0.25, 0.3) is 0 Å². The van der Waals surface area contributed by atoms with Gasteiger partial charge >= 0.3 is 0 Å². The zero-order valence-corrected chi connectivity index (χ0v) is 16.0. The van der Waals surface area contributed by atoms with E-state index < -0.39 is 4.75 Å². The Morgan fingerprint density at radius 1 is 1.57 bits per heavy atom. The van der Waals surface area contributed by atoms with Gasteiger partial charge in [-0.3, -0.25) is 4.99 Å². The van der Waals surface area contributed by atoms with Crippen molar-refractivity contribution in [2.45, 2.75) is 24.5 Å². The number of hydrogen-bond acceptors (Lipinski definition) is 6. The summed E-state index contributed by atoms with van der Waals surface area (Å²) in [4.78, 5) is 13.9. The van der Waals surface area contributed by atoms with Crippen molar-refractivity contribution in [1.29, 1.82) is 5.26 Å². The molecule has 0 bridgehead atoms. The van der Waals surface area contributed by atoms with Gasteiger partial charge in [0, 0.05) is 22.3 Å². The van der Waals surface area contributed by atoms with Gasteiger partial charge in [0.05, 0.1) is 16.6 Å². The van der Waals surface area contributed by atoms with E-state index in [1.807, 2.05) is 37.3 Å². The van der Waals surface area contributed by atoms with Gasteiger partial charge in [-0.05, 0) is 25.6 Å². The van der Waals surface area contributed by atoms with Gasteiger partial charge in [0.25, 0.3) is 0 Å². The SMILES string of the molecule is C=NCPOC.CC(C#N)(CCC=O)SC(=S)c1ccccc1. The molecular weight excluding hydrogens is 347 g/mol. The number of rotatable bonds is 8. The summed E-state index contributed by atoms with van der Waals surface area (Å²) in [7, 11) is 2.14. The average Bonchev–Trinajstić information content (AvgIpc) is 2.59. The van der Waals surface area contributed by atoms with E-state index in [0.717, 1.165) is 18.1 Å². The maximum absolute atomic E-state index is 10.4. The van der Waals surface area contributed by atoms with Crippen molar-refractivity contribution in [3.05, 3.63) is 35.9 Å². The molecule has 0 N–H and O–H groups in total. The molecule has 2 atom stereocenters. The third kappa shape index (κ3) is 10.3. The van der Waals surface area contributed by atoms with Crippen LogP contribution in [0.1, 0.15) is 25.3 Å². The van der Waals surface area contributed by atoms with Gasteiger partial charge in [0.2, 0.25) is 0 Å². The van der Waals surface area contributed by atoms with Crippen LogP contribution >= 0.6 is 32.8 Å². The van der Waals surface area contributed by atoms with Crippen LogP contribution in [0.2, 0.25) is 0 Å². The predicted molar refractivity (Wildman–Crippen MR) is 105 cm³/mol. The van der Waals surface area contributed by atoms with Crippen LogP contribution in [0.5, 0.6) is 0 Å². The van der Waals surface area contributed by atoms with Crippen molar-refractivity contribution in [2.24, 2.45) is 4.99 Å². The second kappa shape index (κ2) is 13.3. The minimum absolute atomic E-state index is 0.383. The minimum atomic E-state index is -0.631. The van der Waals surface area contributed by atoms with Crippen LogP contribution in [-0.4, -0.2) is 35.3 Å². The second-order valence-electron chi connectivity index (χ2n) is 4.53. The maximum Gasteiger partial charge on any atom is 0.120 e. The summed E-state index contributed by atoms with van der Waals surface area (Å²) in [6.07, 6.45) is 2.47. The number of benzene rings is 1. The number of thioether (sulfide) groups is 1. The summed E-state index contributed by atoms with van der Waals surface area (Å²) in [5.41, 5.74) is 0.945. The largest absolute Gasteiger partial charge is 0.364 e.